The zero-order chi connectivity index (χ0) is 14.5. The molecular weight excluding hydrogens is 276 g/mol. The monoisotopic (exact) mass is 290 g/mol. The molecule has 0 fully saturated rings. The van der Waals surface area contributed by atoms with Crippen molar-refractivity contribution in [2.24, 2.45) is 0 Å². The number of nitrogens with two attached hydrogens (primary N) is 1. The Morgan fingerprint density at radius 1 is 1.30 bits per heavy atom. The van der Waals surface area contributed by atoms with Crippen LogP contribution >= 0.6 is 11.6 Å². The van der Waals surface area contributed by atoms with Gasteiger partial charge in [0, 0.05) is 5.69 Å². The number of anilines is 2. The maximum Gasteiger partial charge on any atom is 0.228 e. The van der Waals surface area contributed by atoms with Crippen LogP contribution in [0.15, 0.2) is 42.5 Å². The molecule has 0 radical (unpaired) electrons. The zero-order valence-electron chi connectivity index (χ0n) is 11.0. The first kappa shape index (κ1) is 14.2. The highest BCUT2D eigenvalue weighted by molar-refractivity contribution is 6.33. The number of carbonyl (C=O) groups excluding carboxylic acids is 1. The molecule has 1 amide bonds. The molecule has 0 bridgehead atoms. The normalized spacial score (nSPS) is 10.1. The van der Waals surface area contributed by atoms with E-state index in [9.17, 15) is 4.79 Å². The largest absolute Gasteiger partial charge is 0.497 e. The lowest BCUT2D eigenvalue weighted by molar-refractivity contribution is -0.115. The number of methoxy groups -OCH3 is 1. The minimum atomic E-state index is -0.161. The van der Waals surface area contributed by atoms with E-state index in [4.69, 9.17) is 22.1 Å². The Morgan fingerprint density at radius 3 is 2.85 bits per heavy atom. The number of halogens is 1. The number of nitrogens with one attached hydrogen (secondary N) is 1. The molecule has 5 heteroatoms. The molecule has 0 heterocycles. The topological polar surface area (TPSA) is 64.3 Å². The summed E-state index contributed by atoms with van der Waals surface area (Å²) in [4.78, 5) is 12.0. The van der Waals surface area contributed by atoms with Crippen LogP contribution in [-0.4, -0.2) is 13.0 Å². The van der Waals surface area contributed by atoms with Gasteiger partial charge in [-0.25, -0.2) is 0 Å². The molecule has 0 atom stereocenters. The molecule has 2 rings (SSSR count). The number of benzene rings is 2. The third kappa shape index (κ3) is 3.65. The number of hydrogen-bond acceptors (Lipinski definition) is 3. The van der Waals surface area contributed by atoms with Crippen molar-refractivity contribution in [1.82, 2.24) is 0 Å². The first-order valence-corrected chi connectivity index (χ1v) is 6.44. The summed E-state index contributed by atoms with van der Waals surface area (Å²) in [5.74, 6) is 0.558. The number of amides is 1. The second kappa shape index (κ2) is 6.30. The Balaban J connectivity index is 2.07. The van der Waals surface area contributed by atoms with E-state index in [1.54, 1.807) is 25.3 Å². The number of nitrogen functional groups attached to an aromatic ring is 1. The van der Waals surface area contributed by atoms with Gasteiger partial charge in [-0.3, -0.25) is 4.79 Å². The average molecular weight is 291 g/mol. The minimum Gasteiger partial charge on any atom is -0.497 e. The highest BCUT2D eigenvalue weighted by Gasteiger charge is 2.08. The standard InChI is InChI=1S/C15H15ClN2O2/c1-20-12-4-2-3-10(7-12)8-15(19)18-14-9-11(17)5-6-13(14)16/h2-7,9H,8,17H2,1H3,(H,18,19). The molecule has 3 N–H and O–H groups in total. The van der Waals surface area contributed by atoms with E-state index in [1.807, 2.05) is 24.3 Å². The van der Waals surface area contributed by atoms with Crippen LogP contribution in [-0.2, 0) is 11.2 Å². The van der Waals surface area contributed by atoms with Gasteiger partial charge in [-0.1, -0.05) is 23.7 Å². The summed E-state index contributed by atoms with van der Waals surface area (Å²) in [6.45, 7) is 0. The molecular formula is C15H15ClN2O2. The third-order valence-corrected chi connectivity index (χ3v) is 3.09. The van der Waals surface area contributed by atoms with Crippen molar-refractivity contribution in [2.75, 3.05) is 18.2 Å². The van der Waals surface area contributed by atoms with Crippen LogP contribution in [0.3, 0.4) is 0 Å². The van der Waals surface area contributed by atoms with Gasteiger partial charge < -0.3 is 15.8 Å². The lowest BCUT2D eigenvalue weighted by atomic mass is 10.1. The third-order valence-electron chi connectivity index (χ3n) is 2.76. The summed E-state index contributed by atoms with van der Waals surface area (Å²) in [6.07, 6.45) is 0.238. The Hall–Kier alpha value is -2.20. The van der Waals surface area contributed by atoms with E-state index in [0.29, 0.717) is 16.4 Å². The Bertz CT molecular complexity index is 629. The van der Waals surface area contributed by atoms with Crippen molar-refractivity contribution in [1.29, 1.82) is 0 Å². The van der Waals surface area contributed by atoms with Gasteiger partial charge >= 0.3 is 0 Å². The summed E-state index contributed by atoms with van der Waals surface area (Å²) < 4.78 is 5.12. The molecule has 0 unspecified atom stereocenters. The lowest BCUT2D eigenvalue weighted by Gasteiger charge is -2.09. The average Bonchev–Trinajstić information content (AvgIpc) is 2.43. The number of rotatable bonds is 4. The van der Waals surface area contributed by atoms with Crippen LogP contribution in [0.25, 0.3) is 0 Å². The van der Waals surface area contributed by atoms with Gasteiger partial charge in [0.1, 0.15) is 5.75 Å². The van der Waals surface area contributed by atoms with Crippen LogP contribution < -0.4 is 15.8 Å². The van der Waals surface area contributed by atoms with Crippen molar-refractivity contribution in [3.8, 4) is 5.75 Å². The Labute approximate surface area is 122 Å². The van der Waals surface area contributed by atoms with Crippen molar-refractivity contribution in [2.45, 2.75) is 6.42 Å². The summed E-state index contributed by atoms with van der Waals surface area (Å²) in [5.41, 5.74) is 7.59. The highest BCUT2D eigenvalue weighted by Crippen LogP contribution is 2.24. The van der Waals surface area contributed by atoms with Gasteiger partial charge in [-0.05, 0) is 35.9 Å². The predicted octanol–water partition coefficient (Wildman–Crippen LogP) is 3.11. The lowest BCUT2D eigenvalue weighted by Crippen LogP contribution is -2.14. The SMILES string of the molecule is COc1cccc(CC(=O)Nc2cc(N)ccc2Cl)c1. The van der Waals surface area contributed by atoms with Crippen LogP contribution in [0, 0.1) is 0 Å². The molecule has 0 saturated heterocycles. The maximum absolute atomic E-state index is 12.0. The van der Waals surface area contributed by atoms with E-state index in [1.165, 1.54) is 0 Å². The predicted molar refractivity (Wildman–Crippen MR) is 81.2 cm³/mol. The molecule has 0 saturated carbocycles. The van der Waals surface area contributed by atoms with Gasteiger partial charge in [-0.15, -0.1) is 0 Å². The Morgan fingerprint density at radius 2 is 2.10 bits per heavy atom. The zero-order valence-corrected chi connectivity index (χ0v) is 11.8. The number of hydrogen-bond donors (Lipinski definition) is 2. The van der Waals surface area contributed by atoms with Gasteiger partial charge in [0.05, 0.1) is 24.2 Å². The molecule has 2 aromatic carbocycles. The van der Waals surface area contributed by atoms with E-state index >= 15 is 0 Å². The van der Waals surface area contributed by atoms with E-state index in [-0.39, 0.29) is 12.3 Å². The van der Waals surface area contributed by atoms with Crippen molar-refractivity contribution >= 4 is 28.9 Å². The fraction of sp³-hybridized carbons (Fsp3) is 0.133. The molecule has 0 aliphatic heterocycles. The summed E-state index contributed by atoms with van der Waals surface area (Å²) in [7, 11) is 1.59. The fourth-order valence-corrected chi connectivity index (χ4v) is 1.97. The van der Waals surface area contributed by atoms with Crippen molar-refractivity contribution in [3.05, 3.63) is 53.1 Å². The van der Waals surface area contributed by atoms with Crippen LogP contribution in [0.2, 0.25) is 5.02 Å². The number of carbonyl (C=O) groups is 1. The van der Waals surface area contributed by atoms with E-state index in [0.717, 1.165) is 11.3 Å². The van der Waals surface area contributed by atoms with E-state index < -0.39 is 0 Å². The van der Waals surface area contributed by atoms with Crippen molar-refractivity contribution in [3.63, 3.8) is 0 Å². The molecule has 0 aliphatic carbocycles. The van der Waals surface area contributed by atoms with Crippen molar-refractivity contribution < 1.29 is 9.53 Å². The smallest absolute Gasteiger partial charge is 0.228 e. The first-order valence-electron chi connectivity index (χ1n) is 6.06. The molecule has 20 heavy (non-hydrogen) atoms. The van der Waals surface area contributed by atoms with Gasteiger partial charge in [-0.2, -0.15) is 0 Å². The molecule has 2 aromatic rings. The maximum atomic E-state index is 12.0. The van der Waals surface area contributed by atoms with E-state index in [2.05, 4.69) is 5.32 Å². The van der Waals surface area contributed by atoms with Gasteiger partial charge in [0.15, 0.2) is 0 Å². The molecule has 104 valence electrons. The molecule has 0 aromatic heterocycles. The molecule has 0 spiro atoms. The van der Waals surface area contributed by atoms with Gasteiger partial charge in [0.2, 0.25) is 5.91 Å². The van der Waals surface area contributed by atoms with Crippen LogP contribution in [0.5, 0.6) is 5.75 Å². The number of ether oxygens (including phenoxy) is 1. The fourth-order valence-electron chi connectivity index (χ4n) is 1.80. The minimum absolute atomic E-state index is 0.161. The first-order chi connectivity index (χ1) is 9.58. The summed E-state index contributed by atoms with van der Waals surface area (Å²) in [6, 6.07) is 12.3. The second-order valence-corrected chi connectivity index (χ2v) is 4.72. The summed E-state index contributed by atoms with van der Waals surface area (Å²) >= 11 is 6.00. The van der Waals surface area contributed by atoms with Gasteiger partial charge in [0.25, 0.3) is 0 Å². The quantitative estimate of drug-likeness (QED) is 0.850. The molecule has 4 nitrogen and oxygen atoms in total. The summed E-state index contributed by atoms with van der Waals surface area (Å²) in [5, 5.41) is 3.20. The van der Waals surface area contributed by atoms with Crippen LogP contribution in [0.4, 0.5) is 11.4 Å². The second-order valence-electron chi connectivity index (χ2n) is 4.32. The highest BCUT2D eigenvalue weighted by atomic mass is 35.5. The van der Waals surface area contributed by atoms with Crippen LogP contribution in [0.1, 0.15) is 5.56 Å². The molecule has 0 aliphatic rings. The Kier molecular flexibility index (Phi) is 4.48.